The largest absolute Gasteiger partial charge is 0.326 e. The van der Waals surface area contributed by atoms with Crippen molar-refractivity contribution in [1.29, 1.82) is 0 Å². The summed E-state index contributed by atoms with van der Waals surface area (Å²) in [6.07, 6.45) is 0. The molecule has 0 aliphatic heterocycles. The van der Waals surface area contributed by atoms with Gasteiger partial charge in [-0.05, 0) is 55.5 Å². The molecule has 2 amide bonds. The summed E-state index contributed by atoms with van der Waals surface area (Å²) in [6, 6.07) is 19.3. The molecule has 0 fully saturated rings. The number of carbonyl (C=O) groups excluding carboxylic acids is 2. The topological polar surface area (TPSA) is 95.6 Å². The van der Waals surface area contributed by atoms with E-state index in [-0.39, 0.29) is 27.9 Å². The van der Waals surface area contributed by atoms with Crippen LogP contribution >= 0.6 is 11.6 Å². The molecule has 0 aromatic heterocycles. The van der Waals surface area contributed by atoms with Gasteiger partial charge in [0.15, 0.2) is 0 Å². The van der Waals surface area contributed by atoms with Crippen molar-refractivity contribution < 1.29 is 18.0 Å². The van der Waals surface area contributed by atoms with E-state index in [9.17, 15) is 18.0 Å². The van der Waals surface area contributed by atoms with Crippen molar-refractivity contribution in [3.63, 3.8) is 0 Å². The lowest BCUT2D eigenvalue weighted by molar-refractivity contribution is -0.114. The Morgan fingerprint density at radius 1 is 0.906 bits per heavy atom. The highest BCUT2D eigenvalue weighted by molar-refractivity contribution is 7.92. The third-order valence-corrected chi connectivity index (χ3v) is 6.77. The van der Waals surface area contributed by atoms with Crippen LogP contribution < -0.4 is 14.9 Å². The van der Waals surface area contributed by atoms with Crippen LogP contribution in [0.4, 0.5) is 17.1 Å². The van der Waals surface area contributed by atoms with Crippen molar-refractivity contribution in [1.82, 2.24) is 0 Å². The number of hydrogen-bond acceptors (Lipinski definition) is 4. The Morgan fingerprint density at radius 2 is 1.56 bits per heavy atom. The molecular formula is C23H22ClN3O4S. The van der Waals surface area contributed by atoms with Crippen LogP contribution in [0.25, 0.3) is 0 Å². The van der Waals surface area contributed by atoms with Gasteiger partial charge in [0.05, 0.1) is 21.2 Å². The molecule has 0 atom stereocenters. The molecule has 0 saturated carbocycles. The number of rotatable bonds is 7. The smallest absolute Gasteiger partial charge is 0.264 e. The van der Waals surface area contributed by atoms with Gasteiger partial charge in [-0.3, -0.25) is 13.9 Å². The summed E-state index contributed by atoms with van der Waals surface area (Å²) < 4.78 is 27.8. The Kier molecular flexibility index (Phi) is 7.17. The maximum Gasteiger partial charge on any atom is 0.264 e. The van der Waals surface area contributed by atoms with E-state index in [2.05, 4.69) is 10.6 Å². The molecule has 0 saturated heterocycles. The number of amides is 2. The Hall–Kier alpha value is -3.36. The monoisotopic (exact) mass is 471 g/mol. The number of benzene rings is 3. The molecule has 0 spiro atoms. The molecule has 32 heavy (non-hydrogen) atoms. The number of carbonyl (C=O) groups is 2. The molecular weight excluding hydrogens is 450 g/mol. The fourth-order valence-electron chi connectivity index (χ4n) is 3.13. The molecule has 3 aromatic carbocycles. The SMILES string of the molecule is CCN(c1ccccc1)S(=O)(=O)c1ccc(Cl)c(C(=O)Nc2cccc(NC(C)=O)c2)c1. The van der Waals surface area contributed by atoms with Crippen molar-refractivity contribution in [3.8, 4) is 0 Å². The van der Waals surface area contributed by atoms with Crippen molar-refractivity contribution in [3.05, 3.63) is 83.4 Å². The van der Waals surface area contributed by atoms with Gasteiger partial charge < -0.3 is 10.6 Å². The number of hydrogen-bond donors (Lipinski definition) is 2. The van der Waals surface area contributed by atoms with Gasteiger partial charge in [-0.1, -0.05) is 35.9 Å². The number of anilines is 3. The van der Waals surface area contributed by atoms with E-state index in [1.165, 1.54) is 29.4 Å². The quantitative estimate of drug-likeness (QED) is 0.519. The molecule has 0 aliphatic rings. The molecule has 3 rings (SSSR count). The number of nitrogens with one attached hydrogen (secondary N) is 2. The standard InChI is InChI=1S/C23H22ClN3O4S/c1-3-27(19-10-5-4-6-11-19)32(30,31)20-12-13-22(24)21(15-20)23(29)26-18-9-7-8-17(14-18)25-16(2)28/h4-15H,3H2,1-2H3,(H,25,28)(H,26,29). The summed E-state index contributed by atoms with van der Waals surface area (Å²) in [7, 11) is -3.92. The zero-order valence-electron chi connectivity index (χ0n) is 17.5. The first-order chi connectivity index (χ1) is 15.2. The van der Waals surface area contributed by atoms with E-state index >= 15 is 0 Å². The van der Waals surface area contributed by atoms with Crippen LogP contribution in [-0.2, 0) is 14.8 Å². The van der Waals surface area contributed by atoms with Crippen LogP contribution in [0.1, 0.15) is 24.2 Å². The first kappa shape index (κ1) is 23.3. The lowest BCUT2D eigenvalue weighted by atomic mass is 10.2. The molecule has 3 aromatic rings. The fraction of sp³-hybridized carbons (Fsp3) is 0.130. The molecule has 0 bridgehead atoms. The van der Waals surface area contributed by atoms with Crippen LogP contribution in [-0.4, -0.2) is 26.8 Å². The molecule has 0 unspecified atom stereocenters. The van der Waals surface area contributed by atoms with Crippen LogP contribution in [0, 0.1) is 0 Å². The predicted octanol–water partition coefficient (Wildman–Crippen LogP) is 4.77. The third-order valence-electron chi connectivity index (χ3n) is 4.54. The summed E-state index contributed by atoms with van der Waals surface area (Å²) in [5.74, 6) is -0.817. The number of nitrogens with zero attached hydrogens (tertiary/aromatic N) is 1. The normalized spacial score (nSPS) is 11.0. The fourth-order valence-corrected chi connectivity index (χ4v) is 4.83. The summed E-state index contributed by atoms with van der Waals surface area (Å²) in [5, 5.41) is 5.43. The second-order valence-corrected chi connectivity index (χ2v) is 9.13. The molecule has 2 N–H and O–H groups in total. The number of halogens is 1. The lowest BCUT2D eigenvalue weighted by Gasteiger charge is -2.23. The molecule has 0 radical (unpaired) electrons. The maximum absolute atomic E-state index is 13.3. The van der Waals surface area contributed by atoms with E-state index in [4.69, 9.17) is 11.6 Å². The highest BCUT2D eigenvalue weighted by atomic mass is 35.5. The van der Waals surface area contributed by atoms with Crippen molar-refractivity contribution in [2.24, 2.45) is 0 Å². The van der Waals surface area contributed by atoms with Crippen molar-refractivity contribution >= 4 is 50.5 Å². The van der Waals surface area contributed by atoms with Crippen molar-refractivity contribution in [2.75, 3.05) is 21.5 Å². The molecule has 166 valence electrons. The highest BCUT2D eigenvalue weighted by Crippen LogP contribution is 2.27. The summed E-state index contributed by atoms with van der Waals surface area (Å²) in [6.45, 7) is 3.33. The van der Waals surface area contributed by atoms with Gasteiger partial charge in [0, 0.05) is 24.8 Å². The highest BCUT2D eigenvalue weighted by Gasteiger charge is 2.25. The average molecular weight is 472 g/mol. The lowest BCUT2D eigenvalue weighted by Crippen LogP contribution is -2.31. The molecule has 9 heteroatoms. The van der Waals surface area contributed by atoms with Crippen LogP contribution in [0.2, 0.25) is 5.02 Å². The first-order valence-corrected chi connectivity index (χ1v) is 11.6. The molecule has 0 heterocycles. The van der Waals surface area contributed by atoms with Crippen LogP contribution in [0.3, 0.4) is 0 Å². The van der Waals surface area contributed by atoms with Gasteiger partial charge in [0.2, 0.25) is 5.91 Å². The third kappa shape index (κ3) is 5.27. The van der Waals surface area contributed by atoms with Crippen molar-refractivity contribution in [2.45, 2.75) is 18.7 Å². The minimum atomic E-state index is -3.92. The summed E-state index contributed by atoms with van der Waals surface area (Å²) in [4.78, 5) is 24.1. The number of para-hydroxylation sites is 1. The Balaban J connectivity index is 1.91. The predicted molar refractivity (Wildman–Crippen MR) is 127 cm³/mol. The Bertz CT molecular complexity index is 1250. The minimum Gasteiger partial charge on any atom is -0.326 e. The van der Waals surface area contributed by atoms with E-state index in [0.717, 1.165) is 0 Å². The van der Waals surface area contributed by atoms with Gasteiger partial charge >= 0.3 is 0 Å². The van der Waals surface area contributed by atoms with Crippen LogP contribution in [0.5, 0.6) is 0 Å². The van der Waals surface area contributed by atoms with E-state index in [0.29, 0.717) is 17.1 Å². The van der Waals surface area contributed by atoms with Gasteiger partial charge in [0.1, 0.15) is 0 Å². The Morgan fingerprint density at radius 3 is 2.19 bits per heavy atom. The zero-order valence-corrected chi connectivity index (χ0v) is 19.1. The van der Waals surface area contributed by atoms with Gasteiger partial charge in [-0.2, -0.15) is 0 Å². The molecule has 7 nitrogen and oxygen atoms in total. The van der Waals surface area contributed by atoms with E-state index in [1.54, 1.807) is 61.5 Å². The van der Waals surface area contributed by atoms with E-state index < -0.39 is 15.9 Å². The second kappa shape index (κ2) is 9.84. The van der Waals surface area contributed by atoms with Crippen LogP contribution in [0.15, 0.2) is 77.7 Å². The summed E-state index contributed by atoms with van der Waals surface area (Å²) in [5.41, 5.74) is 1.47. The minimum absolute atomic E-state index is 0.0155. The maximum atomic E-state index is 13.3. The first-order valence-electron chi connectivity index (χ1n) is 9.78. The Labute approximate surface area is 192 Å². The zero-order chi connectivity index (χ0) is 23.3. The van der Waals surface area contributed by atoms with Gasteiger partial charge in [-0.25, -0.2) is 8.42 Å². The number of sulfonamides is 1. The van der Waals surface area contributed by atoms with Gasteiger partial charge in [0.25, 0.3) is 15.9 Å². The van der Waals surface area contributed by atoms with E-state index in [1.807, 2.05) is 0 Å². The summed E-state index contributed by atoms with van der Waals surface area (Å²) >= 11 is 6.21. The second-order valence-electron chi connectivity index (χ2n) is 6.86. The average Bonchev–Trinajstić information content (AvgIpc) is 2.74. The molecule has 0 aliphatic carbocycles. The van der Waals surface area contributed by atoms with Gasteiger partial charge in [-0.15, -0.1) is 0 Å².